The van der Waals surface area contributed by atoms with Crippen LogP contribution in [0.2, 0.25) is 0 Å². The van der Waals surface area contributed by atoms with Crippen LogP contribution in [0, 0.1) is 5.92 Å². The van der Waals surface area contributed by atoms with Gasteiger partial charge in [0.1, 0.15) is 28.2 Å². The Morgan fingerprint density at radius 2 is 0.857 bits per heavy atom. The number of hydrogen-bond donors (Lipinski definition) is 0. The Bertz CT molecular complexity index is 1620. The van der Waals surface area contributed by atoms with Gasteiger partial charge < -0.3 is 23.7 Å². The first-order valence-corrected chi connectivity index (χ1v) is 22.1. The molecule has 0 N–H and O–H groups in total. The number of benzene rings is 1. The average molecular weight is 886 g/mol. The van der Waals surface area contributed by atoms with Crippen LogP contribution in [-0.4, -0.2) is 174 Å². The Labute approximate surface area is 375 Å². The third-order valence-electron chi connectivity index (χ3n) is 9.46. The maximum Gasteiger partial charge on any atom is 0.320 e. The number of rotatable bonds is 15. The zero-order valence-corrected chi connectivity index (χ0v) is 40.1. The monoisotopic (exact) mass is 886 g/mol. The second-order valence-corrected chi connectivity index (χ2v) is 20.4. The summed E-state index contributed by atoms with van der Waals surface area (Å²) in [5, 5.41) is 0. The number of carbonyl (C=O) groups is 6. The van der Waals surface area contributed by atoms with E-state index in [0.717, 1.165) is 5.56 Å². The molecule has 0 unspecified atom stereocenters. The molecule has 2 heterocycles. The van der Waals surface area contributed by atoms with Crippen LogP contribution in [0.1, 0.15) is 95.1 Å². The number of imide groups is 1. The van der Waals surface area contributed by atoms with Gasteiger partial charge in [0.15, 0.2) is 0 Å². The summed E-state index contributed by atoms with van der Waals surface area (Å²) in [5.74, 6) is -1.65. The van der Waals surface area contributed by atoms with Gasteiger partial charge in [0.2, 0.25) is 0 Å². The molecule has 0 aromatic heterocycles. The van der Waals surface area contributed by atoms with Crippen LogP contribution in [0.5, 0.6) is 5.75 Å². The zero-order valence-electron chi connectivity index (χ0n) is 40.1. The Kier molecular flexibility index (Phi) is 19.8. The fourth-order valence-electron chi connectivity index (χ4n) is 7.12. The number of hydrogen-bond acceptors (Lipinski definition) is 15. The Balaban J connectivity index is 1.97. The van der Waals surface area contributed by atoms with Crippen molar-refractivity contribution in [2.45, 2.75) is 118 Å². The number of ether oxygens (including phenoxy) is 5. The molecular weight excluding hydrogens is 811 g/mol. The van der Waals surface area contributed by atoms with Gasteiger partial charge in [-0.15, -0.1) is 0 Å². The lowest BCUT2D eigenvalue weighted by Gasteiger charge is -2.33. The van der Waals surface area contributed by atoms with Crippen molar-refractivity contribution in [3.05, 3.63) is 42.0 Å². The molecule has 0 aliphatic carbocycles. The molecule has 16 nitrogen and oxygen atoms in total. The van der Waals surface area contributed by atoms with Crippen LogP contribution in [0.25, 0.3) is 0 Å². The molecule has 1 aromatic rings. The fourth-order valence-corrected chi connectivity index (χ4v) is 7.12. The number of nitrogens with zero attached hydrogens (tertiary/aromatic N) is 5. The molecule has 1 aromatic carbocycles. The van der Waals surface area contributed by atoms with Crippen LogP contribution in [0.15, 0.2) is 36.4 Å². The number of carbonyl (C=O) groups excluding carboxylic acids is 6. The summed E-state index contributed by atoms with van der Waals surface area (Å²) in [5.41, 5.74) is -1.76. The van der Waals surface area contributed by atoms with Crippen molar-refractivity contribution in [1.82, 2.24) is 24.5 Å². The normalized spacial score (nSPS) is 17.7. The molecule has 63 heavy (non-hydrogen) atoms. The summed E-state index contributed by atoms with van der Waals surface area (Å²) < 4.78 is 29.0. The fraction of sp³-hybridized carbons (Fsp3) is 0.702. The summed E-state index contributed by atoms with van der Waals surface area (Å²) in [7, 11) is 0. The van der Waals surface area contributed by atoms with Gasteiger partial charge in [-0.2, -0.15) is 0 Å². The van der Waals surface area contributed by atoms with E-state index in [1.165, 1.54) is 17.1 Å². The van der Waals surface area contributed by atoms with Crippen LogP contribution >= 0.6 is 0 Å². The Morgan fingerprint density at radius 1 is 0.524 bits per heavy atom. The van der Waals surface area contributed by atoms with Gasteiger partial charge in [-0.05, 0) is 120 Å². The Hall–Kier alpha value is -4.38. The van der Waals surface area contributed by atoms with Crippen LogP contribution in [0.4, 0.5) is 0 Å². The highest BCUT2D eigenvalue weighted by Gasteiger charge is 2.29. The first-order valence-electron chi connectivity index (χ1n) is 22.1. The SMILES string of the molecule is CC(C)(C)OC(=O)CN1CCN(CC(=O)OC(C)(C)C)CCN(CC(=O)OC(C)(C)C)CC(Cc2ccc(OCCCN3C(=O)C=CC3=O)cc2)CN(CC(=O)OC(C)(C)C)CC1. The predicted molar refractivity (Wildman–Crippen MR) is 239 cm³/mol. The first kappa shape index (κ1) is 53.0. The van der Waals surface area contributed by atoms with Gasteiger partial charge in [0, 0.05) is 71.1 Å². The molecule has 0 atom stereocenters. The van der Waals surface area contributed by atoms with E-state index in [9.17, 15) is 28.8 Å². The van der Waals surface area contributed by atoms with Gasteiger partial charge in [-0.3, -0.25) is 53.3 Å². The molecular formula is C47H75N5O11. The van der Waals surface area contributed by atoms with Gasteiger partial charge in [0.05, 0.1) is 32.8 Å². The van der Waals surface area contributed by atoms with E-state index in [2.05, 4.69) is 0 Å². The van der Waals surface area contributed by atoms with Gasteiger partial charge in [0.25, 0.3) is 11.8 Å². The maximum absolute atomic E-state index is 13.5. The summed E-state index contributed by atoms with van der Waals surface area (Å²) in [6.45, 7) is 25.9. The second-order valence-electron chi connectivity index (χ2n) is 20.4. The third kappa shape index (κ3) is 22.7. The minimum Gasteiger partial charge on any atom is -0.494 e. The lowest BCUT2D eigenvalue weighted by molar-refractivity contribution is -0.158. The minimum atomic E-state index is -0.699. The third-order valence-corrected chi connectivity index (χ3v) is 9.46. The molecule has 2 amide bonds. The standard InChI is InChI=1S/C47H75N5O11/c1-44(2,3)60-40(55)31-48-21-22-49(32-41(56)61-45(4,5)6)24-26-51(34-43(58)63-47(10,11)12)30-36(29-50(25-23-48)33-42(57)62-46(7,8)9)28-35-14-16-37(17-15-35)59-27-13-20-52-38(53)18-19-39(52)54/h14-19,36H,13,20-34H2,1-12H3. The van der Waals surface area contributed by atoms with Crippen molar-refractivity contribution in [2.75, 3.05) is 91.7 Å². The van der Waals surface area contributed by atoms with Gasteiger partial charge in [-0.1, -0.05) is 12.1 Å². The van der Waals surface area contributed by atoms with Crippen molar-refractivity contribution >= 4 is 35.7 Å². The second kappa shape index (κ2) is 23.5. The van der Waals surface area contributed by atoms with E-state index in [0.29, 0.717) is 77.6 Å². The van der Waals surface area contributed by atoms with Crippen molar-refractivity contribution in [3.63, 3.8) is 0 Å². The summed E-state index contributed by atoms with van der Waals surface area (Å²) in [6, 6.07) is 7.72. The predicted octanol–water partition coefficient (Wildman–Crippen LogP) is 4.13. The largest absolute Gasteiger partial charge is 0.494 e. The molecule has 2 aliphatic heterocycles. The molecule has 1 fully saturated rings. The summed E-state index contributed by atoms with van der Waals surface area (Å²) in [6.07, 6.45) is 3.59. The highest BCUT2D eigenvalue weighted by molar-refractivity contribution is 6.12. The smallest absolute Gasteiger partial charge is 0.320 e. The van der Waals surface area contributed by atoms with Gasteiger partial charge >= 0.3 is 23.9 Å². The average Bonchev–Trinajstić information content (AvgIpc) is 3.42. The lowest BCUT2D eigenvalue weighted by atomic mass is 9.97. The molecule has 3 rings (SSSR count). The maximum atomic E-state index is 13.5. The molecule has 0 bridgehead atoms. The molecule has 2 aliphatic rings. The minimum absolute atomic E-state index is 0.00233. The molecule has 0 saturated carbocycles. The molecule has 1 saturated heterocycles. The van der Waals surface area contributed by atoms with Crippen molar-refractivity contribution in [1.29, 1.82) is 0 Å². The lowest BCUT2D eigenvalue weighted by Crippen LogP contribution is -2.46. The molecule has 354 valence electrons. The molecule has 0 spiro atoms. The van der Waals surface area contributed by atoms with E-state index in [4.69, 9.17) is 23.7 Å². The number of amides is 2. The Morgan fingerprint density at radius 3 is 1.21 bits per heavy atom. The van der Waals surface area contributed by atoms with Gasteiger partial charge in [-0.25, -0.2) is 0 Å². The highest BCUT2D eigenvalue weighted by atomic mass is 16.6. The van der Waals surface area contributed by atoms with E-state index < -0.39 is 22.4 Å². The van der Waals surface area contributed by atoms with E-state index in [-0.39, 0.29) is 74.3 Å². The molecule has 16 heteroatoms. The topological polar surface area (TPSA) is 165 Å². The van der Waals surface area contributed by atoms with E-state index >= 15 is 0 Å². The highest BCUT2D eigenvalue weighted by Crippen LogP contribution is 2.20. The zero-order chi connectivity index (χ0) is 47.2. The van der Waals surface area contributed by atoms with Crippen molar-refractivity contribution in [3.8, 4) is 5.75 Å². The van der Waals surface area contributed by atoms with Crippen LogP contribution in [0.3, 0.4) is 0 Å². The number of esters is 4. The summed E-state index contributed by atoms with van der Waals surface area (Å²) >= 11 is 0. The summed E-state index contributed by atoms with van der Waals surface area (Å²) in [4.78, 5) is 86.4. The van der Waals surface area contributed by atoms with Crippen molar-refractivity contribution in [2.24, 2.45) is 5.92 Å². The van der Waals surface area contributed by atoms with E-state index in [1.54, 1.807) is 0 Å². The molecule has 0 radical (unpaired) electrons. The van der Waals surface area contributed by atoms with Crippen LogP contribution in [-0.2, 0) is 54.1 Å². The van der Waals surface area contributed by atoms with Crippen molar-refractivity contribution < 1.29 is 52.5 Å². The van der Waals surface area contributed by atoms with Crippen LogP contribution < -0.4 is 4.74 Å². The van der Waals surface area contributed by atoms with E-state index in [1.807, 2.05) is 127 Å². The quantitative estimate of drug-likeness (QED) is 0.107. The first-order chi connectivity index (χ1) is 29.1.